The molecule has 4 heteroatoms. The first-order chi connectivity index (χ1) is 14.9. The Kier molecular flexibility index (Phi) is 2.97. The molecule has 0 aliphatic carbocycles. The van der Waals surface area contributed by atoms with E-state index in [-0.39, 0.29) is 0 Å². The molecule has 0 atom stereocenters. The first-order valence-electron chi connectivity index (χ1n) is 10.0. The fraction of sp³-hybridized carbons (Fsp3) is 0. The van der Waals surface area contributed by atoms with E-state index < -0.39 is 0 Å². The highest BCUT2D eigenvalue weighted by atomic mass is 15.1. The number of para-hydroxylation sites is 6. The molecule has 30 heavy (non-hydrogen) atoms. The molecule has 4 aromatic carbocycles. The topological polar surface area (TPSA) is 35.1 Å². The maximum atomic E-state index is 5.12. The van der Waals surface area contributed by atoms with E-state index in [0.29, 0.717) is 0 Å². The molecule has 0 bridgehead atoms. The summed E-state index contributed by atoms with van der Waals surface area (Å²) in [4.78, 5) is 10.1. The lowest BCUT2D eigenvalue weighted by Crippen LogP contribution is -2.03. The molecule has 4 nitrogen and oxygen atoms in total. The Morgan fingerprint density at radius 2 is 0.933 bits per heavy atom. The van der Waals surface area contributed by atoms with E-state index in [2.05, 4.69) is 93.9 Å². The third-order valence-corrected chi connectivity index (χ3v) is 5.90. The standard InChI is InChI=1S/C26H16N4/c1-5-13-21-17(9-1)18-10-2-6-14-22(18)29(21)25-26-28-20-12-4-8-16-24(20)30(26)23-15-7-3-11-19(23)27-25/h1-16H. The number of fused-ring (bicyclic) bond motifs is 8. The van der Waals surface area contributed by atoms with E-state index in [1.54, 1.807) is 0 Å². The molecule has 0 saturated carbocycles. The van der Waals surface area contributed by atoms with Crippen molar-refractivity contribution >= 4 is 49.5 Å². The summed E-state index contributed by atoms with van der Waals surface area (Å²) in [6.45, 7) is 0. The second kappa shape index (κ2) is 5.67. The van der Waals surface area contributed by atoms with Gasteiger partial charge in [0.15, 0.2) is 11.5 Å². The maximum absolute atomic E-state index is 5.12. The van der Waals surface area contributed by atoms with Gasteiger partial charge >= 0.3 is 0 Å². The largest absolute Gasteiger partial charge is 0.291 e. The smallest absolute Gasteiger partial charge is 0.182 e. The van der Waals surface area contributed by atoms with Gasteiger partial charge in [-0.05, 0) is 36.4 Å². The second-order valence-corrected chi connectivity index (χ2v) is 7.55. The van der Waals surface area contributed by atoms with Crippen LogP contribution in [0.2, 0.25) is 0 Å². The summed E-state index contributed by atoms with van der Waals surface area (Å²) in [5.74, 6) is 0.849. The second-order valence-electron chi connectivity index (χ2n) is 7.55. The minimum Gasteiger partial charge on any atom is -0.291 e. The molecular weight excluding hydrogens is 368 g/mol. The van der Waals surface area contributed by atoms with Crippen molar-refractivity contribution in [2.45, 2.75) is 0 Å². The molecule has 0 amide bonds. The Balaban J connectivity index is 1.77. The van der Waals surface area contributed by atoms with Crippen LogP contribution >= 0.6 is 0 Å². The van der Waals surface area contributed by atoms with E-state index >= 15 is 0 Å². The van der Waals surface area contributed by atoms with Gasteiger partial charge in [0, 0.05) is 10.8 Å². The van der Waals surface area contributed by atoms with Gasteiger partial charge in [0.2, 0.25) is 0 Å². The summed E-state index contributed by atoms with van der Waals surface area (Å²) in [5.41, 5.74) is 7.20. The summed E-state index contributed by atoms with van der Waals surface area (Å²) < 4.78 is 4.48. The Labute approximate surface area is 171 Å². The van der Waals surface area contributed by atoms with Gasteiger partial charge in [-0.3, -0.25) is 8.97 Å². The first-order valence-corrected chi connectivity index (χ1v) is 10.0. The highest BCUT2D eigenvalue weighted by Crippen LogP contribution is 2.34. The van der Waals surface area contributed by atoms with E-state index in [1.165, 1.54) is 10.8 Å². The molecule has 0 saturated heterocycles. The molecule has 3 aromatic heterocycles. The fourth-order valence-electron chi connectivity index (χ4n) is 4.63. The minimum absolute atomic E-state index is 0.849. The molecule has 0 aliphatic heterocycles. The molecule has 0 unspecified atom stereocenters. The molecule has 7 aromatic rings. The van der Waals surface area contributed by atoms with Crippen LogP contribution < -0.4 is 0 Å². The lowest BCUT2D eigenvalue weighted by atomic mass is 10.2. The van der Waals surface area contributed by atoms with Crippen molar-refractivity contribution in [1.29, 1.82) is 0 Å². The molecule has 0 N–H and O–H groups in total. The molecular formula is C26H16N4. The van der Waals surface area contributed by atoms with Gasteiger partial charge in [0.1, 0.15) is 0 Å². The van der Waals surface area contributed by atoms with E-state index in [0.717, 1.165) is 44.6 Å². The SMILES string of the molecule is c1ccc2c(c1)nc(-n1c3ccccc3c3ccccc31)c1nc3ccccc3n12. The molecule has 3 heterocycles. The number of imidazole rings is 1. The van der Waals surface area contributed by atoms with Crippen molar-refractivity contribution in [3.8, 4) is 5.82 Å². The third-order valence-electron chi connectivity index (χ3n) is 5.90. The van der Waals surface area contributed by atoms with Crippen LogP contribution in [-0.4, -0.2) is 18.9 Å². The van der Waals surface area contributed by atoms with Gasteiger partial charge in [0.05, 0.1) is 33.1 Å². The maximum Gasteiger partial charge on any atom is 0.182 e. The van der Waals surface area contributed by atoms with Crippen molar-refractivity contribution in [3.05, 3.63) is 97.1 Å². The zero-order chi connectivity index (χ0) is 19.7. The number of benzene rings is 4. The Bertz CT molecular complexity index is 1700. The van der Waals surface area contributed by atoms with Crippen LogP contribution in [0.15, 0.2) is 97.1 Å². The van der Waals surface area contributed by atoms with Gasteiger partial charge < -0.3 is 0 Å². The van der Waals surface area contributed by atoms with Crippen molar-refractivity contribution in [2.75, 3.05) is 0 Å². The molecule has 0 radical (unpaired) electrons. The van der Waals surface area contributed by atoms with Crippen molar-refractivity contribution < 1.29 is 0 Å². The van der Waals surface area contributed by atoms with Crippen LogP contribution in [0.1, 0.15) is 0 Å². The first kappa shape index (κ1) is 15.7. The Morgan fingerprint density at radius 3 is 1.53 bits per heavy atom. The summed E-state index contributed by atoms with van der Waals surface area (Å²) in [6.07, 6.45) is 0. The van der Waals surface area contributed by atoms with E-state index in [1.807, 2.05) is 12.1 Å². The molecule has 0 fully saturated rings. The summed E-state index contributed by atoms with van der Waals surface area (Å²) in [7, 11) is 0. The van der Waals surface area contributed by atoms with Gasteiger partial charge in [-0.2, -0.15) is 0 Å². The number of rotatable bonds is 1. The average molecular weight is 384 g/mol. The zero-order valence-corrected chi connectivity index (χ0v) is 16.0. The highest BCUT2D eigenvalue weighted by molar-refractivity contribution is 6.09. The quantitative estimate of drug-likeness (QED) is 0.341. The lowest BCUT2D eigenvalue weighted by Gasteiger charge is -2.11. The van der Waals surface area contributed by atoms with Gasteiger partial charge in [0.25, 0.3) is 0 Å². The molecule has 7 rings (SSSR count). The molecule has 140 valence electrons. The number of nitrogens with zero attached hydrogens (tertiary/aromatic N) is 4. The van der Waals surface area contributed by atoms with Crippen LogP contribution in [0.5, 0.6) is 0 Å². The average Bonchev–Trinajstić information content (AvgIpc) is 3.35. The predicted molar refractivity (Wildman–Crippen MR) is 122 cm³/mol. The fourth-order valence-corrected chi connectivity index (χ4v) is 4.63. The lowest BCUT2D eigenvalue weighted by molar-refractivity contribution is 1.08. The van der Waals surface area contributed by atoms with Crippen LogP contribution in [0.3, 0.4) is 0 Å². The van der Waals surface area contributed by atoms with Gasteiger partial charge in [-0.25, -0.2) is 9.97 Å². The molecule has 0 spiro atoms. The predicted octanol–water partition coefficient (Wildman–Crippen LogP) is 6.13. The number of hydrogen-bond acceptors (Lipinski definition) is 2. The van der Waals surface area contributed by atoms with Gasteiger partial charge in [-0.15, -0.1) is 0 Å². The van der Waals surface area contributed by atoms with Crippen molar-refractivity contribution in [1.82, 2.24) is 18.9 Å². The zero-order valence-electron chi connectivity index (χ0n) is 16.0. The third kappa shape index (κ3) is 1.95. The van der Waals surface area contributed by atoms with Crippen LogP contribution in [0.4, 0.5) is 0 Å². The Hall–Kier alpha value is -4.18. The summed E-state index contributed by atoms with van der Waals surface area (Å²) in [6, 6.07) is 33.6. The van der Waals surface area contributed by atoms with E-state index in [9.17, 15) is 0 Å². The number of aromatic nitrogens is 4. The minimum atomic E-state index is 0.849. The van der Waals surface area contributed by atoms with E-state index in [4.69, 9.17) is 9.97 Å². The highest BCUT2D eigenvalue weighted by Gasteiger charge is 2.19. The monoisotopic (exact) mass is 384 g/mol. The van der Waals surface area contributed by atoms with Crippen LogP contribution in [0.25, 0.3) is 55.3 Å². The van der Waals surface area contributed by atoms with Crippen LogP contribution in [-0.2, 0) is 0 Å². The Morgan fingerprint density at radius 1 is 0.467 bits per heavy atom. The summed E-state index contributed by atoms with van der Waals surface area (Å²) in [5, 5.41) is 2.44. The normalized spacial score (nSPS) is 12.0. The number of hydrogen-bond donors (Lipinski definition) is 0. The molecule has 0 aliphatic rings. The van der Waals surface area contributed by atoms with Crippen LogP contribution in [0, 0.1) is 0 Å². The van der Waals surface area contributed by atoms with Crippen molar-refractivity contribution in [3.63, 3.8) is 0 Å². The van der Waals surface area contributed by atoms with Crippen molar-refractivity contribution in [2.24, 2.45) is 0 Å². The van der Waals surface area contributed by atoms with Gasteiger partial charge in [-0.1, -0.05) is 60.7 Å². The summed E-state index contributed by atoms with van der Waals surface area (Å²) >= 11 is 0.